The fraction of sp³-hybridized carbons (Fsp3) is 0.632. The summed E-state index contributed by atoms with van der Waals surface area (Å²) in [4.78, 5) is 79.5. The number of ketones is 1. The summed E-state index contributed by atoms with van der Waals surface area (Å²) in [6.07, 6.45) is -0.126. The molecule has 0 bridgehead atoms. The molecule has 0 aromatic rings. The molecule has 1 heterocycles. The predicted octanol–water partition coefficient (Wildman–Crippen LogP) is 1.81. The van der Waals surface area contributed by atoms with E-state index in [0.29, 0.717) is 18.4 Å². The van der Waals surface area contributed by atoms with Gasteiger partial charge in [0, 0.05) is 46.0 Å². The van der Waals surface area contributed by atoms with Crippen LogP contribution in [0.2, 0.25) is 0 Å². The number of carbonyl (C=O) groups excluding carboxylic acids is 5. The monoisotopic (exact) mass is 722 g/mol. The van der Waals surface area contributed by atoms with Crippen LogP contribution in [-0.2, 0) is 47.7 Å². The van der Waals surface area contributed by atoms with Gasteiger partial charge in [0.05, 0.1) is 32.5 Å². The van der Waals surface area contributed by atoms with Crippen LogP contribution in [0.3, 0.4) is 0 Å². The molecular weight excluding hydrogens is 680 g/mol. The number of carboxylic acid groups (broad SMARTS) is 1. The van der Waals surface area contributed by atoms with Gasteiger partial charge in [0.25, 0.3) is 0 Å². The Labute approximate surface area is 298 Å². The lowest BCUT2D eigenvalue weighted by Crippen LogP contribution is -2.67. The number of rotatable bonds is 8. The molecule has 278 valence electrons. The molecule has 0 aromatic heterocycles. The summed E-state index contributed by atoms with van der Waals surface area (Å²) in [6, 6.07) is 0. The Hall–Kier alpha value is -4.14. The number of methoxy groups -OCH3 is 1. The first-order chi connectivity index (χ1) is 24.4. The average Bonchev–Trinajstić information content (AvgIpc) is 4.01. The standard InChI is InChI=1S/C38H42O14/c1-14(13-39)8-26(43)51-38(48)20-11-19(20)35(3)22-10-17-16-9-18(16)36(4)28(17)29(27(30(44)32(36)45)15(2)33(46)49-5)37(22)21(12-23(35)38)31(34(47)52-37)50-25(42)7-6-24(40)41/h8,16,18-20,22-23,29,32,39,45,48H,6-7,9-13H2,1-5H3,(H,40,41)/b14-8+,27-15-/t16-,18-,19-,20+,22+,23-,29+,32+,35-,36+,37+,38-/m1/s1. The first kappa shape index (κ1) is 34.9. The van der Waals surface area contributed by atoms with Crippen molar-refractivity contribution in [3.63, 3.8) is 0 Å². The van der Waals surface area contributed by atoms with Gasteiger partial charge in [-0.25, -0.2) is 14.4 Å². The lowest BCUT2D eigenvalue weighted by molar-refractivity contribution is -0.254. The second-order valence-corrected chi connectivity index (χ2v) is 16.4. The van der Waals surface area contributed by atoms with Crippen molar-refractivity contribution in [3.8, 4) is 0 Å². The van der Waals surface area contributed by atoms with Crippen LogP contribution in [0, 0.1) is 52.3 Å². The highest BCUT2D eigenvalue weighted by atomic mass is 16.7. The Morgan fingerprint density at radius 2 is 1.71 bits per heavy atom. The lowest BCUT2D eigenvalue weighted by atomic mass is 9.42. The highest BCUT2D eigenvalue weighted by molar-refractivity contribution is 6.09. The second kappa shape index (κ2) is 11.0. The van der Waals surface area contributed by atoms with Gasteiger partial charge in [0.1, 0.15) is 6.10 Å². The van der Waals surface area contributed by atoms with E-state index in [0.717, 1.165) is 23.6 Å². The summed E-state index contributed by atoms with van der Waals surface area (Å²) in [6.45, 7) is 6.37. The third-order valence-electron chi connectivity index (χ3n) is 14.2. The number of carboxylic acids is 1. The Morgan fingerprint density at radius 1 is 1.00 bits per heavy atom. The summed E-state index contributed by atoms with van der Waals surface area (Å²) in [7, 11) is 1.17. The van der Waals surface area contributed by atoms with Crippen molar-refractivity contribution in [2.24, 2.45) is 52.3 Å². The van der Waals surface area contributed by atoms with Gasteiger partial charge in [0.15, 0.2) is 11.4 Å². The van der Waals surface area contributed by atoms with Crippen LogP contribution in [0.5, 0.6) is 0 Å². The SMILES string of the molecule is COC(=O)/C(C)=C1\C(=O)[C@H](O)[C@]2(C)C3=C(C[C@@H]4[C@]5(OC(=O)C(OC(=O)CCC(=O)O)=C5C[C@H]5[C@](O)(OC(=O)/C=C(\C)CO)[C@H]6C[C@H]6[C@]45C)[C@H]31)[C@H]1C[C@H]12. The van der Waals surface area contributed by atoms with Gasteiger partial charge in [-0.05, 0) is 73.8 Å². The normalized spacial score (nSPS) is 44.0. The molecule has 8 rings (SSSR count). The molecule has 7 aliphatic carbocycles. The number of fused-ring (bicyclic) bond motifs is 7. The molecule has 4 N–H and O–H groups in total. The van der Waals surface area contributed by atoms with Crippen LogP contribution in [0.4, 0.5) is 0 Å². The van der Waals surface area contributed by atoms with E-state index in [1.165, 1.54) is 21.0 Å². The molecule has 12 atom stereocenters. The molecule has 1 aliphatic heterocycles. The first-order valence-electron chi connectivity index (χ1n) is 17.8. The number of ether oxygens (including phenoxy) is 4. The summed E-state index contributed by atoms with van der Waals surface area (Å²) in [5.41, 5.74) is -1.60. The number of aliphatic hydroxyl groups excluding tert-OH is 2. The minimum absolute atomic E-state index is 0.0293. The van der Waals surface area contributed by atoms with E-state index >= 15 is 0 Å². The Kier molecular flexibility index (Phi) is 7.35. The van der Waals surface area contributed by atoms with Crippen molar-refractivity contribution >= 4 is 35.6 Å². The third kappa shape index (κ3) is 4.16. The highest BCUT2D eigenvalue weighted by Crippen LogP contribution is 2.83. The zero-order valence-electron chi connectivity index (χ0n) is 29.5. The number of esters is 4. The van der Waals surface area contributed by atoms with Crippen molar-refractivity contribution in [3.05, 3.63) is 45.3 Å². The molecule has 0 amide bonds. The summed E-state index contributed by atoms with van der Waals surface area (Å²) in [5.74, 6) is -11.5. The molecular formula is C38H42O14. The molecule has 0 radical (unpaired) electrons. The maximum atomic E-state index is 14.5. The van der Waals surface area contributed by atoms with E-state index in [2.05, 4.69) is 0 Å². The summed E-state index contributed by atoms with van der Waals surface area (Å²) >= 11 is 0. The fourth-order valence-electron chi connectivity index (χ4n) is 11.9. The van der Waals surface area contributed by atoms with Crippen LogP contribution in [0.15, 0.2) is 45.3 Å². The number of aliphatic hydroxyl groups is 3. The molecule has 5 fully saturated rings. The predicted molar refractivity (Wildman–Crippen MR) is 173 cm³/mol. The molecule has 0 unspecified atom stereocenters. The average molecular weight is 723 g/mol. The zero-order chi connectivity index (χ0) is 37.6. The van der Waals surface area contributed by atoms with E-state index < -0.39 is 113 Å². The maximum Gasteiger partial charge on any atom is 0.375 e. The molecule has 5 saturated carbocycles. The number of hydrogen-bond donors (Lipinski definition) is 4. The Morgan fingerprint density at radius 3 is 2.37 bits per heavy atom. The van der Waals surface area contributed by atoms with Gasteiger partial charge in [-0.3, -0.25) is 14.4 Å². The smallest absolute Gasteiger partial charge is 0.375 e. The number of allylic oxidation sites excluding steroid dienone is 1. The van der Waals surface area contributed by atoms with E-state index in [1.54, 1.807) is 0 Å². The van der Waals surface area contributed by atoms with Crippen molar-refractivity contribution in [2.45, 2.75) is 83.7 Å². The van der Waals surface area contributed by atoms with Crippen molar-refractivity contribution in [1.82, 2.24) is 0 Å². The van der Waals surface area contributed by atoms with Crippen molar-refractivity contribution in [1.29, 1.82) is 0 Å². The lowest BCUT2D eigenvalue weighted by Gasteiger charge is -2.63. The minimum Gasteiger partial charge on any atom is -0.481 e. The van der Waals surface area contributed by atoms with Crippen molar-refractivity contribution in [2.75, 3.05) is 13.7 Å². The fourth-order valence-corrected chi connectivity index (χ4v) is 11.9. The van der Waals surface area contributed by atoms with Crippen LogP contribution in [-0.4, -0.2) is 87.3 Å². The topological polar surface area (TPSA) is 220 Å². The molecule has 0 saturated heterocycles. The highest BCUT2D eigenvalue weighted by Gasteiger charge is 2.85. The Balaban J connectivity index is 1.37. The van der Waals surface area contributed by atoms with Gasteiger partial charge in [-0.1, -0.05) is 19.4 Å². The van der Waals surface area contributed by atoms with Gasteiger partial charge in [-0.2, -0.15) is 0 Å². The van der Waals surface area contributed by atoms with Crippen molar-refractivity contribution < 1.29 is 68.1 Å². The first-order valence-corrected chi connectivity index (χ1v) is 17.8. The van der Waals surface area contributed by atoms with Gasteiger partial charge < -0.3 is 39.4 Å². The number of carbonyl (C=O) groups is 6. The van der Waals surface area contributed by atoms with Gasteiger partial charge >= 0.3 is 29.8 Å². The molecule has 14 heteroatoms. The number of hydrogen-bond acceptors (Lipinski definition) is 13. The maximum absolute atomic E-state index is 14.5. The van der Waals surface area contributed by atoms with E-state index in [1.807, 2.05) is 13.8 Å². The largest absolute Gasteiger partial charge is 0.481 e. The molecule has 1 spiro atoms. The van der Waals surface area contributed by atoms with Gasteiger partial charge in [-0.15, -0.1) is 0 Å². The minimum atomic E-state index is -2.04. The zero-order valence-corrected chi connectivity index (χ0v) is 29.5. The molecule has 8 aliphatic rings. The molecule has 0 aromatic carbocycles. The Bertz CT molecular complexity index is 1920. The van der Waals surface area contributed by atoms with E-state index in [4.69, 9.17) is 18.9 Å². The second-order valence-electron chi connectivity index (χ2n) is 16.4. The third-order valence-corrected chi connectivity index (χ3v) is 14.2. The van der Waals surface area contributed by atoms with E-state index in [-0.39, 0.29) is 40.9 Å². The van der Waals surface area contributed by atoms with Crippen LogP contribution in [0.1, 0.15) is 66.2 Å². The van der Waals surface area contributed by atoms with Gasteiger partial charge in [0.2, 0.25) is 11.5 Å². The summed E-state index contributed by atoms with van der Waals surface area (Å²) < 4.78 is 23.1. The van der Waals surface area contributed by atoms with Crippen LogP contribution < -0.4 is 0 Å². The van der Waals surface area contributed by atoms with Crippen LogP contribution >= 0.6 is 0 Å². The van der Waals surface area contributed by atoms with Crippen LogP contribution in [0.25, 0.3) is 0 Å². The molecule has 52 heavy (non-hydrogen) atoms. The summed E-state index contributed by atoms with van der Waals surface area (Å²) in [5, 5.41) is 43.0. The number of Topliss-reactive ketones (excluding diaryl/α,β-unsaturated/α-hetero) is 1. The quantitative estimate of drug-likeness (QED) is 0.0924. The van der Waals surface area contributed by atoms with E-state index in [9.17, 15) is 49.2 Å². The number of aliphatic carboxylic acids is 1. The molecule has 14 nitrogen and oxygen atoms in total.